The number of carbonyl (C=O) groups is 1. The fourth-order valence-electron chi connectivity index (χ4n) is 0.280. The van der Waals surface area contributed by atoms with Crippen molar-refractivity contribution in [2.45, 2.75) is 5.54 Å². The molecule has 7 heteroatoms. The molecule has 0 saturated carbocycles. The van der Waals surface area contributed by atoms with E-state index in [2.05, 4.69) is 11.3 Å². The molecule has 0 spiro atoms. The van der Waals surface area contributed by atoms with Crippen molar-refractivity contribution in [2.75, 3.05) is 26.4 Å². The van der Waals surface area contributed by atoms with Gasteiger partial charge in [-0.25, -0.2) is 4.79 Å². The Hall–Kier alpha value is -1.15. The molecule has 15 heavy (non-hydrogen) atoms. The summed E-state index contributed by atoms with van der Waals surface area (Å²) >= 11 is 0. The summed E-state index contributed by atoms with van der Waals surface area (Å²) in [6.45, 7) is 2.10. The van der Waals surface area contributed by atoms with Crippen LogP contribution < -0.4 is 5.73 Å². The average molecular weight is 223 g/mol. The molecule has 0 amide bonds. The molecule has 0 bridgehead atoms. The zero-order chi connectivity index (χ0) is 12.3. The monoisotopic (exact) mass is 223 g/mol. The van der Waals surface area contributed by atoms with Gasteiger partial charge in [-0.15, -0.1) is 0 Å². The summed E-state index contributed by atoms with van der Waals surface area (Å²) in [4.78, 5) is 9.49. The number of carboxylic acid groups (broad SMARTS) is 1. The highest BCUT2D eigenvalue weighted by Gasteiger charge is 2.20. The number of hydrogen-bond acceptors (Lipinski definition) is 6. The Morgan fingerprint density at radius 2 is 1.73 bits per heavy atom. The highest BCUT2D eigenvalue weighted by atomic mass is 16.7. The van der Waals surface area contributed by atoms with Crippen LogP contribution in [0.5, 0.6) is 0 Å². The molecule has 0 aromatic carbocycles. The quantitative estimate of drug-likeness (QED) is 0.284. The first-order valence-electron chi connectivity index (χ1n) is 4.04. The third-order valence-corrected chi connectivity index (χ3v) is 1.27. The number of aliphatic hydroxyl groups excluding tert-OH is 3. The van der Waals surface area contributed by atoms with Gasteiger partial charge in [0.1, 0.15) is 6.61 Å². The van der Waals surface area contributed by atoms with E-state index < -0.39 is 31.5 Å². The predicted octanol–water partition coefficient (Wildman–Crippen LogP) is -1.47. The lowest BCUT2D eigenvalue weighted by Crippen LogP contribution is -2.50. The largest absolute Gasteiger partial charge is 0.506 e. The predicted molar refractivity (Wildman–Crippen MR) is 52.3 cm³/mol. The van der Waals surface area contributed by atoms with Crippen molar-refractivity contribution in [2.24, 2.45) is 5.73 Å². The molecule has 0 aromatic rings. The maximum atomic E-state index is 9.49. The van der Waals surface area contributed by atoms with Gasteiger partial charge in [0.05, 0.1) is 25.4 Å². The molecule has 0 radical (unpaired) electrons. The van der Waals surface area contributed by atoms with Crippen LogP contribution >= 0.6 is 0 Å². The van der Waals surface area contributed by atoms with Gasteiger partial charge >= 0.3 is 6.16 Å². The van der Waals surface area contributed by atoms with E-state index in [0.717, 1.165) is 0 Å². The van der Waals surface area contributed by atoms with Gasteiger partial charge < -0.3 is 30.9 Å². The standard InChI is InChI=1S/C4H11NO3.C4H6O3/c5-4(1-6,2-7)3-8;1-2-3-7-4(5)6/h6-8H,1-3,5H2;2H,1,3H2,(H,5,6). The number of rotatable bonds is 5. The molecule has 0 aliphatic heterocycles. The van der Waals surface area contributed by atoms with Crippen molar-refractivity contribution in [3.63, 3.8) is 0 Å². The molecule has 0 heterocycles. The van der Waals surface area contributed by atoms with Crippen LogP contribution in [0.1, 0.15) is 0 Å². The van der Waals surface area contributed by atoms with Gasteiger partial charge in [-0.1, -0.05) is 12.7 Å². The fourth-order valence-corrected chi connectivity index (χ4v) is 0.280. The van der Waals surface area contributed by atoms with Gasteiger partial charge in [0.25, 0.3) is 0 Å². The Kier molecular flexibility index (Phi) is 10.2. The topological polar surface area (TPSA) is 133 Å². The van der Waals surface area contributed by atoms with Gasteiger partial charge in [-0.05, 0) is 0 Å². The molecule has 0 unspecified atom stereocenters. The van der Waals surface area contributed by atoms with E-state index in [-0.39, 0.29) is 6.61 Å². The van der Waals surface area contributed by atoms with E-state index in [9.17, 15) is 4.79 Å². The SMILES string of the molecule is C=CCOC(=O)O.NC(CO)(CO)CO. The van der Waals surface area contributed by atoms with Crippen LogP contribution in [0.2, 0.25) is 0 Å². The van der Waals surface area contributed by atoms with Crippen LogP contribution in [-0.2, 0) is 4.74 Å². The molecule has 7 nitrogen and oxygen atoms in total. The number of ether oxygens (including phenoxy) is 1. The summed E-state index contributed by atoms with van der Waals surface area (Å²) in [5.74, 6) is 0. The third kappa shape index (κ3) is 10.8. The summed E-state index contributed by atoms with van der Waals surface area (Å²) in [5, 5.41) is 32.8. The average Bonchev–Trinajstić information content (AvgIpc) is 2.26. The van der Waals surface area contributed by atoms with Gasteiger partial charge in [-0.2, -0.15) is 0 Å². The molecule has 0 aliphatic carbocycles. The van der Waals surface area contributed by atoms with Crippen LogP contribution in [-0.4, -0.2) is 58.5 Å². The molecule has 6 N–H and O–H groups in total. The zero-order valence-corrected chi connectivity index (χ0v) is 8.30. The third-order valence-electron chi connectivity index (χ3n) is 1.27. The second kappa shape index (κ2) is 9.41. The summed E-state index contributed by atoms with van der Waals surface area (Å²) in [6, 6.07) is 0. The summed E-state index contributed by atoms with van der Waals surface area (Å²) in [7, 11) is 0. The van der Waals surface area contributed by atoms with Crippen LogP contribution in [0.4, 0.5) is 4.79 Å². The van der Waals surface area contributed by atoms with Crippen LogP contribution in [0, 0.1) is 0 Å². The molecule has 0 aliphatic rings. The molecule has 0 fully saturated rings. The van der Waals surface area contributed by atoms with E-state index in [1.165, 1.54) is 6.08 Å². The Morgan fingerprint density at radius 1 is 1.33 bits per heavy atom. The normalized spacial score (nSPS) is 9.87. The molecule has 90 valence electrons. The van der Waals surface area contributed by atoms with Crippen molar-refractivity contribution >= 4 is 6.16 Å². The van der Waals surface area contributed by atoms with Gasteiger partial charge in [0.2, 0.25) is 0 Å². The maximum Gasteiger partial charge on any atom is 0.506 e. The van der Waals surface area contributed by atoms with Crippen molar-refractivity contribution in [1.82, 2.24) is 0 Å². The Bertz CT molecular complexity index is 172. The van der Waals surface area contributed by atoms with E-state index in [1.807, 2.05) is 0 Å². The maximum absolute atomic E-state index is 9.49. The lowest BCUT2D eigenvalue weighted by atomic mass is 10.1. The minimum atomic E-state index is -1.26. The first-order chi connectivity index (χ1) is 6.95. The number of nitrogens with two attached hydrogens (primary N) is 1. The van der Waals surface area contributed by atoms with Crippen molar-refractivity contribution in [3.05, 3.63) is 12.7 Å². The zero-order valence-electron chi connectivity index (χ0n) is 8.30. The summed E-state index contributed by atoms with van der Waals surface area (Å²) in [6.07, 6.45) is 0.105. The van der Waals surface area contributed by atoms with Gasteiger partial charge in [0, 0.05) is 0 Å². The van der Waals surface area contributed by atoms with Crippen molar-refractivity contribution in [1.29, 1.82) is 0 Å². The Labute approximate surface area is 87.4 Å². The summed E-state index contributed by atoms with van der Waals surface area (Å²) in [5.41, 5.74) is 3.94. The number of aliphatic hydroxyl groups is 3. The second-order valence-corrected chi connectivity index (χ2v) is 2.70. The van der Waals surface area contributed by atoms with E-state index in [0.29, 0.717) is 0 Å². The smallest absolute Gasteiger partial charge is 0.450 e. The summed E-state index contributed by atoms with van der Waals surface area (Å²) < 4.78 is 3.99. The molecular formula is C8H17NO6. The van der Waals surface area contributed by atoms with E-state index >= 15 is 0 Å². The molecule has 0 aromatic heterocycles. The lowest BCUT2D eigenvalue weighted by Gasteiger charge is -2.20. The highest BCUT2D eigenvalue weighted by molar-refractivity contribution is 5.56. The van der Waals surface area contributed by atoms with E-state index in [4.69, 9.17) is 26.2 Å². The molecular weight excluding hydrogens is 206 g/mol. The number of hydrogen-bond donors (Lipinski definition) is 5. The first-order valence-corrected chi connectivity index (χ1v) is 4.04. The molecule has 0 atom stereocenters. The van der Waals surface area contributed by atoms with Crippen LogP contribution in [0.15, 0.2) is 12.7 Å². The fraction of sp³-hybridized carbons (Fsp3) is 0.625. The minimum Gasteiger partial charge on any atom is -0.450 e. The molecule has 0 saturated heterocycles. The van der Waals surface area contributed by atoms with Crippen molar-refractivity contribution in [3.8, 4) is 0 Å². The van der Waals surface area contributed by atoms with Crippen LogP contribution in [0.3, 0.4) is 0 Å². The second-order valence-electron chi connectivity index (χ2n) is 2.70. The Balaban J connectivity index is 0. The highest BCUT2D eigenvalue weighted by Crippen LogP contribution is 1.93. The Morgan fingerprint density at radius 3 is 1.80 bits per heavy atom. The first kappa shape index (κ1) is 16.3. The molecule has 0 rings (SSSR count). The van der Waals surface area contributed by atoms with Gasteiger partial charge in [0.15, 0.2) is 0 Å². The minimum absolute atomic E-state index is 0.0648. The lowest BCUT2D eigenvalue weighted by molar-refractivity contribution is 0.0697. The van der Waals surface area contributed by atoms with Gasteiger partial charge in [-0.3, -0.25) is 0 Å². The van der Waals surface area contributed by atoms with Crippen molar-refractivity contribution < 1.29 is 30.0 Å². The van der Waals surface area contributed by atoms with Crippen LogP contribution in [0.25, 0.3) is 0 Å². The van der Waals surface area contributed by atoms with E-state index in [1.54, 1.807) is 0 Å².